The zero-order valence-corrected chi connectivity index (χ0v) is 17.2. The number of hydrogen-bond donors (Lipinski definition) is 2. The van der Waals surface area contributed by atoms with Gasteiger partial charge in [-0.05, 0) is 70.0 Å². The normalized spacial score (nSPS) is 17.5. The number of carbonyl (C=O) groups is 1. The Bertz CT molecular complexity index is 902. The van der Waals surface area contributed by atoms with Gasteiger partial charge in [0, 0.05) is 6.61 Å². The van der Waals surface area contributed by atoms with Gasteiger partial charge in [-0.3, -0.25) is 0 Å². The summed E-state index contributed by atoms with van der Waals surface area (Å²) in [4.78, 5) is 11.0. The SMILES string of the molecule is CC1(C)CCC(C)(C)c2cc(CCO)c(/C=C/c3ccc(C(=O)O)cc3)cc21. The predicted octanol–water partition coefficient (Wildman–Crippen LogP) is 5.44. The number of aromatic carboxylic acids is 1. The first-order chi connectivity index (χ1) is 13.1. The van der Waals surface area contributed by atoms with Gasteiger partial charge in [-0.1, -0.05) is 64.1 Å². The highest BCUT2D eigenvalue weighted by Crippen LogP contribution is 2.46. The molecule has 148 valence electrons. The van der Waals surface area contributed by atoms with Crippen LogP contribution in [0.25, 0.3) is 12.2 Å². The maximum atomic E-state index is 11.0. The zero-order chi connectivity index (χ0) is 20.5. The van der Waals surface area contributed by atoms with Crippen molar-refractivity contribution in [3.8, 4) is 0 Å². The Kier molecular flexibility index (Phi) is 5.49. The van der Waals surface area contributed by atoms with Gasteiger partial charge in [0.2, 0.25) is 0 Å². The van der Waals surface area contributed by atoms with Crippen molar-refractivity contribution in [2.75, 3.05) is 6.61 Å². The van der Waals surface area contributed by atoms with E-state index in [2.05, 4.69) is 45.9 Å². The maximum Gasteiger partial charge on any atom is 0.335 e. The van der Waals surface area contributed by atoms with E-state index in [1.54, 1.807) is 12.1 Å². The van der Waals surface area contributed by atoms with Gasteiger partial charge < -0.3 is 10.2 Å². The van der Waals surface area contributed by atoms with Crippen LogP contribution in [0.4, 0.5) is 0 Å². The first-order valence-corrected chi connectivity index (χ1v) is 9.94. The molecule has 0 saturated carbocycles. The lowest BCUT2D eigenvalue weighted by Gasteiger charge is -2.42. The van der Waals surface area contributed by atoms with E-state index in [-0.39, 0.29) is 23.0 Å². The molecule has 1 aliphatic carbocycles. The fraction of sp³-hybridized carbons (Fsp3) is 0.400. The van der Waals surface area contributed by atoms with Gasteiger partial charge in [0.25, 0.3) is 0 Å². The minimum atomic E-state index is -0.916. The summed E-state index contributed by atoms with van der Waals surface area (Å²) in [7, 11) is 0. The van der Waals surface area contributed by atoms with Crippen molar-refractivity contribution in [3.63, 3.8) is 0 Å². The molecule has 0 spiro atoms. The molecule has 0 radical (unpaired) electrons. The highest BCUT2D eigenvalue weighted by Gasteiger charge is 2.37. The van der Waals surface area contributed by atoms with Crippen LogP contribution in [-0.2, 0) is 17.3 Å². The molecule has 0 amide bonds. The van der Waals surface area contributed by atoms with E-state index < -0.39 is 5.97 Å². The molecule has 0 saturated heterocycles. The minimum Gasteiger partial charge on any atom is -0.478 e. The average molecular weight is 379 g/mol. The van der Waals surface area contributed by atoms with Gasteiger partial charge in [-0.25, -0.2) is 4.79 Å². The van der Waals surface area contributed by atoms with Gasteiger partial charge in [-0.2, -0.15) is 0 Å². The molecule has 2 N–H and O–H groups in total. The topological polar surface area (TPSA) is 57.5 Å². The fourth-order valence-corrected chi connectivity index (χ4v) is 4.09. The molecule has 0 unspecified atom stereocenters. The van der Waals surface area contributed by atoms with Crippen molar-refractivity contribution in [3.05, 3.63) is 69.8 Å². The van der Waals surface area contributed by atoms with E-state index in [4.69, 9.17) is 5.11 Å². The van der Waals surface area contributed by atoms with E-state index in [0.717, 1.165) is 29.5 Å². The second-order valence-corrected chi connectivity index (χ2v) is 9.10. The third kappa shape index (κ3) is 4.05. The van der Waals surface area contributed by atoms with E-state index in [1.807, 2.05) is 18.2 Å². The highest BCUT2D eigenvalue weighted by atomic mass is 16.4. The first-order valence-electron chi connectivity index (χ1n) is 9.94. The minimum absolute atomic E-state index is 0.122. The lowest BCUT2D eigenvalue weighted by molar-refractivity contribution is 0.0697. The summed E-state index contributed by atoms with van der Waals surface area (Å²) in [6, 6.07) is 11.5. The van der Waals surface area contributed by atoms with Crippen LogP contribution in [0.15, 0.2) is 36.4 Å². The summed E-state index contributed by atoms with van der Waals surface area (Å²) in [6.07, 6.45) is 7.04. The van der Waals surface area contributed by atoms with Crippen LogP contribution >= 0.6 is 0 Å². The number of benzene rings is 2. The first kappa shape index (κ1) is 20.3. The third-order valence-corrected chi connectivity index (χ3v) is 6.11. The number of carboxylic acid groups (broad SMARTS) is 1. The fourth-order valence-electron chi connectivity index (χ4n) is 4.09. The Morgan fingerprint density at radius 3 is 2.07 bits per heavy atom. The highest BCUT2D eigenvalue weighted by molar-refractivity contribution is 5.88. The second-order valence-electron chi connectivity index (χ2n) is 9.10. The van der Waals surface area contributed by atoms with Crippen LogP contribution in [0.1, 0.15) is 78.7 Å². The molecule has 0 heterocycles. The summed E-state index contributed by atoms with van der Waals surface area (Å²) in [6.45, 7) is 9.36. The van der Waals surface area contributed by atoms with Gasteiger partial charge >= 0.3 is 5.97 Å². The molecule has 0 bridgehead atoms. The Labute approximate surface area is 167 Å². The van der Waals surface area contributed by atoms with E-state index in [9.17, 15) is 9.90 Å². The summed E-state index contributed by atoms with van der Waals surface area (Å²) in [5.41, 5.74) is 6.60. The Morgan fingerprint density at radius 1 is 0.964 bits per heavy atom. The maximum absolute atomic E-state index is 11.0. The molecule has 3 nitrogen and oxygen atoms in total. The Hall–Kier alpha value is -2.39. The predicted molar refractivity (Wildman–Crippen MR) is 115 cm³/mol. The Balaban J connectivity index is 2.03. The van der Waals surface area contributed by atoms with Gasteiger partial charge in [-0.15, -0.1) is 0 Å². The quantitative estimate of drug-likeness (QED) is 0.681. The smallest absolute Gasteiger partial charge is 0.335 e. The van der Waals surface area contributed by atoms with Crippen LogP contribution in [0, 0.1) is 0 Å². The van der Waals surface area contributed by atoms with Crippen LogP contribution < -0.4 is 0 Å². The Morgan fingerprint density at radius 2 is 1.54 bits per heavy atom. The number of carboxylic acids is 1. The van der Waals surface area contributed by atoms with Crippen molar-refractivity contribution in [1.82, 2.24) is 0 Å². The molecule has 2 aromatic carbocycles. The van der Waals surface area contributed by atoms with Crippen molar-refractivity contribution in [2.24, 2.45) is 0 Å². The van der Waals surface area contributed by atoms with Gasteiger partial charge in [0.15, 0.2) is 0 Å². The summed E-state index contributed by atoms with van der Waals surface area (Å²) in [5, 5.41) is 18.6. The van der Waals surface area contributed by atoms with E-state index in [1.165, 1.54) is 11.1 Å². The van der Waals surface area contributed by atoms with Crippen molar-refractivity contribution in [1.29, 1.82) is 0 Å². The number of rotatable bonds is 5. The summed E-state index contributed by atoms with van der Waals surface area (Å²) >= 11 is 0. The van der Waals surface area contributed by atoms with Crippen LogP contribution in [0.2, 0.25) is 0 Å². The molecule has 0 fully saturated rings. The van der Waals surface area contributed by atoms with Gasteiger partial charge in [0.05, 0.1) is 5.56 Å². The molecule has 2 aromatic rings. The lowest BCUT2D eigenvalue weighted by atomic mass is 9.62. The van der Waals surface area contributed by atoms with Gasteiger partial charge in [0.1, 0.15) is 0 Å². The lowest BCUT2D eigenvalue weighted by Crippen LogP contribution is -2.34. The van der Waals surface area contributed by atoms with Crippen molar-refractivity contribution >= 4 is 18.1 Å². The molecule has 3 heteroatoms. The molecular formula is C25H30O3. The number of aliphatic hydroxyl groups excluding tert-OH is 1. The van der Waals surface area contributed by atoms with Crippen LogP contribution in [-0.4, -0.2) is 22.8 Å². The molecule has 1 aliphatic rings. The third-order valence-electron chi connectivity index (χ3n) is 6.11. The summed E-state index contributed by atoms with van der Waals surface area (Å²) in [5.74, 6) is -0.916. The molecule has 3 rings (SSSR count). The van der Waals surface area contributed by atoms with Crippen molar-refractivity contribution in [2.45, 2.75) is 57.8 Å². The average Bonchev–Trinajstić information content (AvgIpc) is 2.65. The van der Waals surface area contributed by atoms with Crippen LogP contribution in [0.5, 0.6) is 0 Å². The molecule has 0 aromatic heterocycles. The zero-order valence-electron chi connectivity index (χ0n) is 17.2. The standard InChI is InChI=1S/C25H30O3/c1-24(2)12-13-25(3,4)22-16-20(11-14-26)19(15-21(22)24)10-7-17-5-8-18(9-6-17)23(27)28/h5-10,15-16,26H,11-14H2,1-4H3,(H,27,28)/b10-7+. The van der Waals surface area contributed by atoms with Crippen LogP contribution in [0.3, 0.4) is 0 Å². The largest absolute Gasteiger partial charge is 0.478 e. The molecule has 0 atom stereocenters. The number of hydrogen-bond acceptors (Lipinski definition) is 2. The molecular weight excluding hydrogens is 348 g/mol. The van der Waals surface area contributed by atoms with E-state index >= 15 is 0 Å². The van der Waals surface area contributed by atoms with Crippen molar-refractivity contribution < 1.29 is 15.0 Å². The monoisotopic (exact) mass is 378 g/mol. The molecule has 28 heavy (non-hydrogen) atoms. The number of fused-ring (bicyclic) bond motifs is 1. The number of aliphatic hydroxyl groups is 1. The summed E-state index contributed by atoms with van der Waals surface area (Å²) < 4.78 is 0. The second kappa shape index (κ2) is 7.56. The van der Waals surface area contributed by atoms with E-state index in [0.29, 0.717) is 6.42 Å². The molecule has 0 aliphatic heterocycles.